The number of benzene rings is 2. The van der Waals surface area contributed by atoms with Gasteiger partial charge in [-0.1, -0.05) is 26.0 Å². The molecule has 174 valence electrons. The van der Waals surface area contributed by atoms with Crippen LogP contribution in [0.1, 0.15) is 13.8 Å². The van der Waals surface area contributed by atoms with Gasteiger partial charge in [0.05, 0.1) is 11.0 Å². The van der Waals surface area contributed by atoms with E-state index in [9.17, 15) is 22.4 Å². The van der Waals surface area contributed by atoms with E-state index < -0.39 is 41.5 Å². The topological polar surface area (TPSA) is 59.4 Å². The predicted octanol–water partition coefficient (Wildman–Crippen LogP) is 4.37. The molecule has 11 heteroatoms. The third-order valence-corrected chi connectivity index (χ3v) is 4.86. The van der Waals surface area contributed by atoms with Crippen LogP contribution < -0.4 is 10.1 Å². The molecule has 0 atom stereocenters. The zero-order valence-electron chi connectivity index (χ0n) is 17.5. The van der Waals surface area contributed by atoms with Gasteiger partial charge in [0.2, 0.25) is 17.6 Å². The van der Waals surface area contributed by atoms with Gasteiger partial charge < -0.3 is 14.2 Å². The lowest BCUT2D eigenvalue weighted by molar-refractivity contribution is -0.118. The number of likely N-dealkylation sites (N-methyl/N-ethyl adjacent to an activating group) is 1. The number of hydrogen-bond acceptors (Lipinski definition) is 4. The average molecular weight is 475 g/mol. The average Bonchev–Trinajstić information content (AvgIpc) is 3.10. The summed E-state index contributed by atoms with van der Waals surface area (Å²) in [5.74, 6) is -8.50. The first-order valence-corrected chi connectivity index (χ1v) is 9.78. The van der Waals surface area contributed by atoms with E-state index in [1.807, 2.05) is 36.6 Å². The van der Waals surface area contributed by atoms with Crippen LogP contribution in [0.2, 0.25) is 0 Å². The smallest absolute Gasteiger partial charge is 0.264 e. The van der Waals surface area contributed by atoms with Gasteiger partial charge in [0, 0.05) is 19.2 Å². The molecule has 3 aromatic rings. The molecular weight excluding hydrogens is 452 g/mol. The van der Waals surface area contributed by atoms with E-state index >= 15 is 0 Å². The second-order valence-electron chi connectivity index (χ2n) is 6.74. The highest BCUT2D eigenvalue weighted by Gasteiger charge is 2.22. The Labute approximate surface area is 188 Å². The minimum absolute atomic E-state index is 0. The molecular formula is C21H23ClF4N4O2. The molecule has 0 aliphatic heterocycles. The van der Waals surface area contributed by atoms with E-state index in [0.717, 1.165) is 18.6 Å². The molecule has 32 heavy (non-hydrogen) atoms. The van der Waals surface area contributed by atoms with Crippen LogP contribution in [0.3, 0.4) is 0 Å². The summed E-state index contributed by atoms with van der Waals surface area (Å²) >= 11 is 0. The Morgan fingerprint density at radius 3 is 2.34 bits per heavy atom. The van der Waals surface area contributed by atoms with Crippen LogP contribution >= 0.6 is 12.4 Å². The molecule has 6 nitrogen and oxygen atoms in total. The molecule has 0 bridgehead atoms. The number of amides is 1. The summed E-state index contributed by atoms with van der Waals surface area (Å²) in [5, 5.41) is 2.54. The monoisotopic (exact) mass is 474 g/mol. The van der Waals surface area contributed by atoms with Crippen molar-refractivity contribution >= 4 is 35.3 Å². The number of nitrogens with one attached hydrogen (secondary N) is 1. The summed E-state index contributed by atoms with van der Waals surface area (Å²) in [6.07, 6.45) is 0. The molecule has 0 aliphatic carbocycles. The lowest BCUT2D eigenvalue weighted by Gasteiger charge is -2.19. The molecule has 0 unspecified atom stereocenters. The van der Waals surface area contributed by atoms with Crippen molar-refractivity contribution < 1.29 is 27.1 Å². The van der Waals surface area contributed by atoms with Crippen LogP contribution in [-0.4, -0.2) is 46.6 Å². The highest BCUT2D eigenvalue weighted by atomic mass is 35.5. The minimum atomic E-state index is -1.71. The molecule has 0 fully saturated rings. The molecule has 3 rings (SSSR count). The number of fused-ring (bicyclic) bond motifs is 1. The van der Waals surface area contributed by atoms with E-state index in [1.54, 1.807) is 6.07 Å². The SMILES string of the molecule is CCN(CC)CCn1c(NC(=O)COc2c(F)c(F)cc(F)c2F)nc2ccccc21.Cl. The standard InChI is InChI=1S/C21H22F4N4O2.ClH/c1-3-28(4-2)9-10-29-16-8-6-5-7-15(16)26-21(29)27-17(30)12-31-20-18(24)13(22)11-14(23)19(20)25;/h5-8,11H,3-4,9-10,12H2,1-2H3,(H,26,27,30);1H. The number of carbonyl (C=O) groups excluding carboxylic acids is 1. The van der Waals surface area contributed by atoms with E-state index in [4.69, 9.17) is 4.74 Å². The fourth-order valence-electron chi connectivity index (χ4n) is 3.16. The Morgan fingerprint density at radius 1 is 1.09 bits per heavy atom. The molecule has 1 N–H and O–H groups in total. The third-order valence-electron chi connectivity index (χ3n) is 4.86. The Balaban J connectivity index is 0.00000363. The summed E-state index contributed by atoms with van der Waals surface area (Å²) in [4.78, 5) is 18.9. The number of para-hydroxylation sites is 2. The summed E-state index contributed by atoms with van der Waals surface area (Å²) in [6.45, 7) is 6.20. The Kier molecular flexibility index (Phi) is 8.85. The van der Waals surface area contributed by atoms with Gasteiger partial charge in [-0.15, -0.1) is 12.4 Å². The zero-order chi connectivity index (χ0) is 22.5. The number of aromatic nitrogens is 2. The van der Waals surface area contributed by atoms with Crippen LogP contribution in [0.4, 0.5) is 23.5 Å². The molecule has 0 radical (unpaired) electrons. The summed E-state index contributed by atoms with van der Waals surface area (Å²) < 4.78 is 60.5. The number of rotatable bonds is 9. The van der Waals surface area contributed by atoms with Crippen molar-refractivity contribution in [3.63, 3.8) is 0 Å². The summed E-state index contributed by atoms with van der Waals surface area (Å²) in [5.41, 5.74) is 1.46. The lowest BCUT2D eigenvalue weighted by Crippen LogP contribution is -2.28. The first kappa shape index (κ1) is 25.4. The molecule has 2 aromatic carbocycles. The fraction of sp³-hybridized carbons (Fsp3) is 0.333. The first-order chi connectivity index (χ1) is 14.8. The van der Waals surface area contributed by atoms with Gasteiger partial charge >= 0.3 is 0 Å². The van der Waals surface area contributed by atoms with Crippen molar-refractivity contribution in [1.82, 2.24) is 14.5 Å². The van der Waals surface area contributed by atoms with Crippen molar-refractivity contribution in [2.45, 2.75) is 20.4 Å². The Hall–Kier alpha value is -2.85. The Morgan fingerprint density at radius 2 is 1.72 bits per heavy atom. The first-order valence-electron chi connectivity index (χ1n) is 9.78. The van der Waals surface area contributed by atoms with E-state index in [0.29, 0.717) is 18.6 Å². The third kappa shape index (κ3) is 5.49. The molecule has 0 saturated heterocycles. The van der Waals surface area contributed by atoms with Crippen LogP contribution in [0.15, 0.2) is 30.3 Å². The predicted molar refractivity (Wildman–Crippen MR) is 115 cm³/mol. The number of anilines is 1. The quantitative estimate of drug-likeness (QED) is 0.369. The van der Waals surface area contributed by atoms with Gasteiger partial charge in [-0.05, 0) is 25.2 Å². The number of hydrogen-bond donors (Lipinski definition) is 1. The minimum Gasteiger partial charge on any atom is -0.477 e. The van der Waals surface area contributed by atoms with Crippen molar-refractivity contribution in [2.24, 2.45) is 0 Å². The van der Waals surface area contributed by atoms with Gasteiger partial charge in [-0.2, -0.15) is 8.78 Å². The van der Waals surface area contributed by atoms with Gasteiger partial charge in [0.15, 0.2) is 24.0 Å². The number of ether oxygens (including phenoxy) is 1. The number of carbonyl (C=O) groups is 1. The van der Waals surface area contributed by atoms with Crippen molar-refractivity contribution in [3.8, 4) is 5.75 Å². The van der Waals surface area contributed by atoms with E-state index in [1.165, 1.54) is 0 Å². The maximum Gasteiger partial charge on any atom is 0.264 e. The van der Waals surface area contributed by atoms with Crippen LogP contribution in [-0.2, 0) is 11.3 Å². The molecule has 1 heterocycles. The van der Waals surface area contributed by atoms with Crippen LogP contribution in [0.25, 0.3) is 11.0 Å². The van der Waals surface area contributed by atoms with Gasteiger partial charge in [0.1, 0.15) is 0 Å². The lowest BCUT2D eigenvalue weighted by atomic mass is 10.3. The number of nitrogens with zero attached hydrogens (tertiary/aromatic N) is 3. The molecule has 0 aliphatic rings. The second-order valence-corrected chi connectivity index (χ2v) is 6.74. The summed E-state index contributed by atoms with van der Waals surface area (Å²) in [7, 11) is 0. The molecule has 1 amide bonds. The number of halogens is 5. The van der Waals surface area contributed by atoms with Gasteiger partial charge in [-0.25, -0.2) is 13.8 Å². The van der Waals surface area contributed by atoms with Crippen molar-refractivity contribution in [3.05, 3.63) is 53.6 Å². The maximum atomic E-state index is 13.7. The fourth-order valence-corrected chi connectivity index (χ4v) is 3.16. The summed E-state index contributed by atoms with van der Waals surface area (Å²) in [6, 6.07) is 7.36. The van der Waals surface area contributed by atoms with E-state index in [-0.39, 0.29) is 24.4 Å². The zero-order valence-corrected chi connectivity index (χ0v) is 18.3. The largest absolute Gasteiger partial charge is 0.477 e. The van der Waals surface area contributed by atoms with Crippen LogP contribution in [0.5, 0.6) is 5.75 Å². The van der Waals surface area contributed by atoms with E-state index in [2.05, 4.69) is 15.2 Å². The van der Waals surface area contributed by atoms with Crippen molar-refractivity contribution in [1.29, 1.82) is 0 Å². The molecule has 0 spiro atoms. The van der Waals surface area contributed by atoms with Crippen molar-refractivity contribution in [2.75, 3.05) is 31.6 Å². The van der Waals surface area contributed by atoms with Gasteiger partial charge in [-0.3, -0.25) is 10.1 Å². The molecule has 1 aromatic heterocycles. The Bertz CT molecular complexity index is 1060. The number of imidazole rings is 1. The molecule has 0 saturated carbocycles. The van der Waals surface area contributed by atoms with Crippen LogP contribution in [0, 0.1) is 23.3 Å². The maximum absolute atomic E-state index is 13.7. The second kappa shape index (κ2) is 11.1. The highest BCUT2D eigenvalue weighted by molar-refractivity contribution is 5.92. The highest BCUT2D eigenvalue weighted by Crippen LogP contribution is 2.26. The van der Waals surface area contributed by atoms with Gasteiger partial charge in [0.25, 0.3) is 5.91 Å². The normalized spacial score (nSPS) is 11.0.